The van der Waals surface area contributed by atoms with E-state index in [-0.39, 0.29) is 12.0 Å². The van der Waals surface area contributed by atoms with Gasteiger partial charge in [-0.1, -0.05) is 19.8 Å². The third-order valence-corrected chi connectivity index (χ3v) is 3.65. The number of aliphatic carboxylic acids is 1. The van der Waals surface area contributed by atoms with Crippen molar-refractivity contribution < 1.29 is 9.90 Å². The van der Waals surface area contributed by atoms with Gasteiger partial charge in [-0.2, -0.15) is 0 Å². The lowest BCUT2D eigenvalue weighted by molar-refractivity contribution is -0.145. The number of rotatable bonds is 5. The molecule has 0 amide bonds. The van der Waals surface area contributed by atoms with Crippen molar-refractivity contribution in [2.75, 3.05) is 14.1 Å². The van der Waals surface area contributed by atoms with Gasteiger partial charge in [-0.05, 0) is 39.3 Å². The molecule has 3 nitrogen and oxygen atoms in total. The summed E-state index contributed by atoms with van der Waals surface area (Å²) >= 11 is 0. The second kappa shape index (κ2) is 5.50. The fraction of sp³-hybridized carbons (Fsp3) is 0.917. The van der Waals surface area contributed by atoms with Crippen LogP contribution in [-0.2, 0) is 4.79 Å². The van der Waals surface area contributed by atoms with Crippen LogP contribution in [-0.4, -0.2) is 36.1 Å². The number of hydrogen-bond donors (Lipinski definition) is 1. The molecule has 1 N–H and O–H groups in total. The number of carboxylic acid groups (broad SMARTS) is 1. The van der Waals surface area contributed by atoms with E-state index in [1.807, 2.05) is 21.0 Å². The van der Waals surface area contributed by atoms with Crippen molar-refractivity contribution in [2.24, 2.45) is 11.8 Å². The van der Waals surface area contributed by atoms with Gasteiger partial charge in [0, 0.05) is 6.04 Å². The van der Waals surface area contributed by atoms with E-state index in [0.29, 0.717) is 5.92 Å². The van der Waals surface area contributed by atoms with Crippen LogP contribution in [0.25, 0.3) is 0 Å². The van der Waals surface area contributed by atoms with Gasteiger partial charge in [0.25, 0.3) is 0 Å². The maximum Gasteiger partial charge on any atom is 0.308 e. The number of nitrogens with zero attached hydrogens (tertiary/aromatic N) is 1. The second-order valence-corrected chi connectivity index (χ2v) is 4.85. The number of hydrogen-bond acceptors (Lipinski definition) is 2. The third kappa shape index (κ3) is 2.94. The van der Waals surface area contributed by atoms with Crippen molar-refractivity contribution in [1.82, 2.24) is 4.90 Å². The van der Waals surface area contributed by atoms with Gasteiger partial charge in [-0.25, -0.2) is 0 Å². The summed E-state index contributed by atoms with van der Waals surface area (Å²) in [5, 5.41) is 9.23. The molecule has 0 spiro atoms. The molecule has 0 bridgehead atoms. The zero-order valence-electron chi connectivity index (χ0n) is 10.1. The van der Waals surface area contributed by atoms with Crippen LogP contribution in [0.4, 0.5) is 0 Å². The first-order valence-corrected chi connectivity index (χ1v) is 5.97. The molecular weight excluding hydrogens is 190 g/mol. The predicted octanol–water partition coefficient (Wildman–Crippen LogP) is 2.22. The Kier molecular flexibility index (Phi) is 4.58. The van der Waals surface area contributed by atoms with Crippen LogP contribution in [0, 0.1) is 11.8 Å². The van der Waals surface area contributed by atoms with Crippen molar-refractivity contribution >= 4 is 5.97 Å². The smallest absolute Gasteiger partial charge is 0.308 e. The maximum absolute atomic E-state index is 11.2. The van der Waals surface area contributed by atoms with E-state index >= 15 is 0 Å². The second-order valence-electron chi connectivity index (χ2n) is 4.85. The molecule has 0 aliphatic heterocycles. The predicted molar refractivity (Wildman–Crippen MR) is 60.8 cm³/mol. The minimum absolute atomic E-state index is 0.205. The van der Waals surface area contributed by atoms with Crippen LogP contribution in [0.5, 0.6) is 0 Å². The zero-order valence-corrected chi connectivity index (χ0v) is 10.1. The number of carbonyl (C=O) groups is 1. The molecule has 1 fully saturated rings. The lowest BCUT2D eigenvalue weighted by Gasteiger charge is -2.34. The molecule has 0 heterocycles. The van der Waals surface area contributed by atoms with Crippen molar-refractivity contribution in [3.8, 4) is 0 Å². The van der Waals surface area contributed by atoms with Gasteiger partial charge in [0.05, 0.1) is 5.92 Å². The highest BCUT2D eigenvalue weighted by Gasteiger charge is 2.35. The molecule has 0 aromatic carbocycles. The Morgan fingerprint density at radius 3 is 2.27 bits per heavy atom. The fourth-order valence-corrected chi connectivity index (χ4v) is 2.97. The standard InChI is InChI=1S/C12H23NO2/c1-4-10(12(14)15)11(13(2)3)9-7-5-6-8-9/h9-11H,4-8H2,1-3H3,(H,14,15). The molecule has 0 saturated heterocycles. The molecule has 0 aromatic heterocycles. The van der Waals surface area contributed by atoms with Gasteiger partial charge in [-0.3, -0.25) is 4.79 Å². The van der Waals surface area contributed by atoms with E-state index in [2.05, 4.69) is 4.90 Å². The van der Waals surface area contributed by atoms with Crippen molar-refractivity contribution in [2.45, 2.75) is 45.1 Å². The topological polar surface area (TPSA) is 40.5 Å². The fourth-order valence-electron chi connectivity index (χ4n) is 2.97. The molecule has 2 unspecified atom stereocenters. The Morgan fingerprint density at radius 1 is 1.40 bits per heavy atom. The lowest BCUT2D eigenvalue weighted by atomic mass is 9.84. The largest absolute Gasteiger partial charge is 0.481 e. The first-order chi connectivity index (χ1) is 7.07. The Bertz CT molecular complexity index is 210. The van der Waals surface area contributed by atoms with E-state index in [0.717, 1.165) is 6.42 Å². The quantitative estimate of drug-likeness (QED) is 0.761. The van der Waals surface area contributed by atoms with Crippen LogP contribution >= 0.6 is 0 Å². The van der Waals surface area contributed by atoms with Gasteiger partial charge >= 0.3 is 5.97 Å². The summed E-state index contributed by atoms with van der Waals surface area (Å²) in [7, 11) is 4.02. The van der Waals surface area contributed by atoms with Gasteiger partial charge in [0.2, 0.25) is 0 Å². The molecule has 0 aromatic rings. The van der Waals surface area contributed by atoms with E-state index < -0.39 is 5.97 Å². The van der Waals surface area contributed by atoms with Crippen LogP contribution in [0.2, 0.25) is 0 Å². The molecule has 0 radical (unpaired) electrons. The maximum atomic E-state index is 11.2. The van der Waals surface area contributed by atoms with Crippen LogP contribution < -0.4 is 0 Å². The molecule has 1 aliphatic rings. The van der Waals surface area contributed by atoms with Crippen LogP contribution in [0.1, 0.15) is 39.0 Å². The Hall–Kier alpha value is -0.570. The van der Waals surface area contributed by atoms with Gasteiger partial charge < -0.3 is 10.0 Å². The summed E-state index contributed by atoms with van der Waals surface area (Å²) in [6, 6.07) is 0.218. The zero-order chi connectivity index (χ0) is 11.4. The average Bonchev–Trinajstić information content (AvgIpc) is 2.64. The van der Waals surface area contributed by atoms with Crippen LogP contribution in [0.3, 0.4) is 0 Å². The summed E-state index contributed by atoms with van der Waals surface area (Å²) in [5.41, 5.74) is 0. The molecule has 1 aliphatic carbocycles. The summed E-state index contributed by atoms with van der Waals surface area (Å²) < 4.78 is 0. The Labute approximate surface area is 92.5 Å². The highest BCUT2D eigenvalue weighted by Crippen LogP contribution is 2.34. The minimum atomic E-state index is -0.636. The first kappa shape index (κ1) is 12.5. The number of carboxylic acids is 1. The lowest BCUT2D eigenvalue weighted by Crippen LogP contribution is -2.43. The summed E-state index contributed by atoms with van der Waals surface area (Å²) in [6.45, 7) is 1.98. The normalized spacial score (nSPS) is 21.9. The molecular formula is C12H23NO2. The molecule has 1 saturated carbocycles. The van der Waals surface area contributed by atoms with Crippen LogP contribution in [0.15, 0.2) is 0 Å². The summed E-state index contributed by atoms with van der Waals surface area (Å²) in [6.07, 6.45) is 5.67. The van der Waals surface area contributed by atoms with E-state index in [4.69, 9.17) is 0 Å². The van der Waals surface area contributed by atoms with Gasteiger partial charge in [0.1, 0.15) is 0 Å². The van der Waals surface area contributed by atoms with Gasteiger partial charge in [0.15, 0.2) is 0 Å². The van der Waals surface area contributed by atoms with Crippen molar-refractivity contribution in [3.05, 3.63) is 0 Å². The average molecular weight is 213 g/mol. The minimum Gasteiger partial charge on any atom is -0.481 e. The Morgan fingerprint density at radius 2 is 1.93 bits per heavy atom. The first-order valence-electron chi connectivity index (χ1n) is 5.97. The Balaban J connectivity index is 2.74. The molecule has 1 rings (SSSR count). The van der Waals surface area contributed by atoms with Crippen molar-refractivity contribution in [1.29, 1.82) is 0 Å². The SMILES string of the molecule is CCC(C(=O)O)C(C1CCCC1)N(C)C. The molecule has 2 atom stereocenters. The molecule has 15 heavy (non-hydrogen) atoms. The van der Waals surface area contributed by atoms with Gasteiger partial charge in [-0.15, -0.1) is 0 Å². The summed E-state index contributed by atoms with van der Waals surface area (Å²) in [4.78, 5) is 13.3. The highest BCUT2D eigenvalue weighted by molar-refractivity contribution is 5.70. The molecule has 88 valence electrons. The molecule has 3 heteroatoms. The highest BCUT2D eigenvalue weighted by atomic mass is 16.4. The van der Waals surface area contributed by atoms with E-state index in [1.165, 1.54) is 25.7 Å². The van der Waals surface area contributed by atoms with Crippen molar-refractivity contribution in [3.63, 3.8) is 0 Å². The third-order valence-electron chi connectivity index (χ3n) is 3.65. The monoisotopic (exact) mass is 213 g/mol. The summed E-state index contributed by atoms with van der Waals surface area (Å²) in [5.74, 6) is -0.257. The van der Waals surface area contributed by atoms with E-state index in [1.54, 1.807) is 0 Å². The van der Waals surface area contributed by atoms with E-state index in [9.17, 15) is 9.90 Å².